The van der Waals surface area contributed by atoms with E-state index in [0.717, 1.165) is 11.1 Å². The second kappa shape index (κ2) is 8.39. The van der Waals surface area contributed by atoms with E-state index >= 15 is 0 Å². The zero-order chi connectivity index (χ0) is 20.3. The van der Waals surface area contributed by atoms with Gasteiger partial charge in [-0.05, 0) is 48.2 Å². The average molecular weight is 387 g/mol. The van der Waals surface area contributed by atoms with Crippen LogP contribution in [0.5, 0.6) is 5.75 Å². The summed E-state index contributed by atoms with van der Waals surface area (Å²) in [4.78, 5) is 22.6. The number of hydrogen-bond donors (Lipinski definition) is 2. The van der Waals surface area contributed by atoms with E-state index in [1.165, 1.54) is 32.2 Å². The number of carbonyl (C=O) groups excluding carboxylic acids is 1. The maximum atomic E-state index is 13.8. The van der Waals surface area contributed by atoms with E-state index in [2.05, 4.69) is 5.32 Å². The van der Waals surface area contributed by atoms with Gasteiger partial charge in [0.2, 0.25) is 5.91 Å². The van der Waals surface area contributed by atoms with Crippen LogP contribution >= 0.6 is 0 Å². The van der Waals surface area contributed by atoms with Crippen LogP contribution in [0.15, 0.2) is 42.5 Å². The second-order valence-electron chi connectivity index (χ2n) is 6.80. The van der Waals surface area contributed by atoms with Gasteiger partial charge >= 0.3 is 5.97 Å². The average Bonchev–Trinajstić information content (AvgIpc) is 2.67. The van der Waals surface area contributed by atoms with Crippen LogP contribution in [0.4, 0.5) is 4.39 Å². The summed E-state index contributed by atoms with van der Waals surface area (Å²) in [6.07, 6.45) is 0.387. The van der Waals surface area contributed by atoms with Gasteiger partial charge in [-0.25, -0.2) is 9.18 Å². The first-order valence-electron chi connectivity index (χ1n) is 8.96. The van der Waals surface area contributed by atoms with Crippen molar-refractivity contribution < 1.29 is 28.6 Å². The number of benzene rings is 2. The minimum atomic E-state index is -0.997. The molecule has 1 heterocycles. The predicted molar refractivity (Wildman–Crippen MR) is 99.8 cm³/mol. The van der Waals surface area contributed by atoms with Gasteiger partial charge in [-0.1, -0.05) is 18.2 Å². The molecule has 3 rings (SSSR count). The van der Waals surface area contributed by atoms with Gasteiger partial charge < -0.3 is 19.9 Å². The zero-order valence-corrected chi connectivity index (χ0v) is 15.6. The van der Waals surface area contributed by atoms with Crippen LogP contribution in [0.25, 0.3) is 0 Å². The summed E-state index contributed by atoms with van der Waals surface area (Å²) < 4.78 is 25.1. The number of nitrogens with one attached hydrogen (secondary N) is 1. The third kappa shape index (κ3) is 4.48. The summed E-state index contributed by atoms with van der Waals surface area (Å²) in [7, 11) is 1.40. The molecular weight excluding hydrogens is 365 g/mol. The summed E-state index contributed by atoms with van der Waals surface area (Å²) in [6.45, 7) is 1.46. The Morgan fingerprint density at radius 2 is 1.71 bits per heavy atom. The third-order valence-electron chi connectivity index (χ3n) is 4.81. The Morgan fingerprint density at radius 3 is 2.29 bits per heavy atom. The third-order valence-corrected chi connectivity index (χ3v) is 4.81. The zero-order valence-electron chi connectivity index (χ0n) is 15.6. The first-order valence-corrected chi connectivity index (χ1v) is 8.96. The van der Waals surface area contributed by atoms with E-state index < -0.39 is 11.8 Å². The molecule has 148 valence electrons. The van der Waals surface area contributed by atoms with E-state index in [9.17, 15) is 14.0 Å². The first-order chi connectivity index (χ1) is 13.4. The molecule has 6 nitrogen and oxygen atoms in total. The largest absolute Gasteiger partial charge is 0.494 e. The highest BCUT2D eigenvalue weighted by molar-refractivity contribution is 5.87. The minimum absolute atomic E-state index is 0.128. The summed E-state index contributed by atoms with van der Waals surface area (Å²) in [5, 5.41) is 12.0. The monoisotopic (exact) mass is 387 g/mol. The first kappa shape index (κ1) is 19.8. The van der Waals surface area contributed by atoms with Gasteiger partial charge in [0.25, 0.3) is 0 Å². The number of aromatic carboxylic acids is 1. The SMILES string of the molecule is COc1cc([C@H]2C[C@@H](NC(C)=O)C[C@@H](c3ccc(C(=O)O)cc3)O2)ccc1F. The van der Waals surface area contributed by atoms with Gasteiger partial charge in [0, 0.05) is 13.0 Å². The van der Waals surface area contributed by atoms with Crippen molar-refractivity contribution in [3.05, 3.63) is 65.0 Å². The molecule has 0 aromatic heterocycles. The smallest absolute Gasteiger partial charge is 0.335 e. The number of hydrogen-bond acceptors (Lipinski definition) is 4. The number of methoxy groups -OCH3 is 1. The molecule has 0 spiro atoms. The van der Waals surface area contributed by atoms with Crippen LogP contribution in [-0.2, 0) is 9.53 Å². The topological polar surface area (TPSA) is 84.9 Å². The molecule has 1 saturated heterocycles. The molecule has 0 unspecified atom stereocenters. The molecule has 2 N–H and O–H groups in total. The molecule has 1 aliphatic heterocycles. The van der Waals surface area contributed by atoms with Crippen molar-refractivity contribution in [2.45, 2.75) is 38.0 Å². The summed E-state index contributed by atoms with van der Waals surface area (Å²) in [5.74, 6) is -1.46. The van der Waals surface area contributed by atoms with E-state index in [0.29, 0.717) is 12.8 Å². The van der Waals surface area contributed by atoms with Crippen LogP contribution in [0.2, 0.25) is 0 Å². The standard InChI is InChI=1S/C21H22FNO5/c1-12(24)23-16-10-18(13-3-5-14(6-4-13)21(25)26)28-19(11-16)15-7-8-17(22)20(9-15)27-2/h3-9,16,18-19H,10-11H2,1-2H3,(H,23,24)(H,25,26)/t16-,18-,19+/m0/s1. The van der Waals surface area contributed by atoms with E-state index in [1.54, 1.807) is 24.3 Å². The van der Waals surface area contributed by atoms with E-state index in [4.69, 9.17) is 14.6 Å². The van der Waals surface area contributed by atoms with Crippen molar-refractivity contribution in [1.29, 1.82) is 0 Å². The molecule has 0 bridgehead atoms. The Kier molecular flexibility index (Phi) is 5.94. The molecule has 0 saturated carbocycles. The lowest BCUT2D eigenvalue weighted by Crippen LogP contribution is -2.39. The van der Waals surface area contributed by atoms with Crippen molar-refractivity contribution in [3.8, 4) is 5.75 Å². The Morgan fingerprint density at radius 1 is 1.11 bits per heavy atom. The van der Waals surface area contributed by atoms with Crippen molar-refractivity contribution in [2.75, 3.05) is 7.11 Å². The highest BCUT2D eigenvalue weighted by Crippen LogP contribution is 2.40. The van der Waals surface area contributed by atoms with Gasteiger partial charge in [-0.2, -0.15) is 0 Å². The highest BCUT2D eigenvalue weighted by Gasteiger charge is 2.32. The Bertz CT molecular complexity index is 868. The molecule has 3 atom stereocenters. The van der Waals surface area contributed by atoms with Crippen LogP contribution < -0.4 is 10.1 Å². The fraction of sp³-hybridized carbons (Fsp3) is 0.333. The minimum Gasteiger partial charge on any atom is -0.494 e. The molecule has 1 aliphatic rings. The van der Waals surface area contributed by atoms with Gasteiger partial charge in [-0.3, -0.25) is 4.79 Å². The second-order valence-corrected chi connectivity index (χ2v) is 6.80. The molecule has 28 heavy (non-hydrogen) atoms. The lowest BCUT2D eigenvalue weighted by atomic mass is 9.90. The normalized spacial score (nSPS) is 21.8. The summed E-state index contributed by atoms with van der Waals surface area (Å²) >= 11 is 0. The Labute approximate surface area is 162 Å². The summed E-state index contributed by atoms with van der Waals surface area (Å²) in [5.41, 5.74) is 1.76. The molecule has 0 radical (unpaired) electrons. The van der Waals surface area contributed by atoms with Gasteiger partial charge in [0.1, 0.15) is 0 Å². The maximum Gasteiger partial charge on any atom is 0.335 e. The Balaban J connectivity index is 1.88. The lowest BCUT2D eigenvalue weighted by molar-refractivity contribution is -0.122. The fourth-order valence-electron chi connectivity index (χ4n) is 3.47. The molecule has 1 fully saturated rings. The van der Waals surface area contributed by atoms with Crippen molar-refractivity contribution in [1.82, 2.24) is 5.32 Å². The van der Waals surface area contributed by atoms with E-state index in [-0.39, 0.29) is 35.5 Å². The lowest BCUT2D eigenvalue weighted by Gasteiger charge is -2.36. The van der Waals surface area contributed by atoms with Crippen LogP contribution in [-0.4, -0.2) is 30.1 Å². The van der Waals surface area contributed by atoms with Crippen LogP contribution in [0, 0.1) is 5.82 Å². The van der Waals surface area contributed by atoms with Gasteiger partial charge in [-0.15, -0.1) is 0 Å². The van der Waals surface area contributed by atoms with Crippen molar-refractivity contribution in [3.63, 3.8) is 0 Å². The van der Waals surface area contributed by atoms with Crippen LogP contribution in [0.1, 0.15) is 53.5 Å². The molecular formula is C21H22FNO5. The molecule has 1 amide bonds. The highest BCUT2D eigenvalue weighted by atomic mass is 19.1. The number of ether oxygens (including phenoxy) is 2. The van der Waals surface area contributed by atoms with Crippen molar-refractivity contribution in [2.24, 2.45) is 0 Å². The number of rotatable bonds is 5. The quantitative estimate of drug-likeness (QED) is 0.818. The van der Waals surface area contributed by atoms with E-state index in [1.807, 2.05) is 0 Å². The number of halogens is 1. The van der Waals surface area contributed by atoms with Gasteiger partial charge in [0.15, 0.2) is 11.6 Å². The molecule has 0 aliphatic carbocycles. The molecule has 2 aromatic carbocycles. The maximum absolute atomic E-state index is 13.8. The van der Waals surface area contributed by atoms with Crippen molar-refractivity contribution >= 4 is 11.9 Å². The molecule has 2 aromatic rings. The van der Waals surface area contributed by atoms with Gasteiger partial charge in [0.05, 0.1) is 24.9 Å². The summed E-state index contributed by atoms with van der Waals surface area (Å²) in [6, 6.07) is 10.9. The number of carboxylic acids is 1. The number of carboxylic acid groups (broad SMARTS) is 1. The van der Waals surface area contributed by atoms with Crippen LogP contribution in [0.3, 0.4) is 0 Å². The molecule has 7 heteroatoms. The number of amides is 1. The predicted octanol–water partition coefficient (Wildman–Crippen LogP) is 3.63. The Hall–Kier alpha value is -2.93. The fourth-order valence-corrected chi connectivity index (χ4v) is 3.47. The number of carbonyl (C=O) groups is 2.